The van der Waals surface area contributed by atoms with Gasteiger partial charge in [0.15, 0.2) is 11.6 Å². The third-order valence-electron chi connectivity index (χ3n) is 2.93. The molecular weight excluding hydrogens is 254 g/mol. The van der Waals surface area contributed by atoms with Crippen LogP contribution in [0.15, 0.2) is 36.7 Å². The van der Waals surface area contributed by atoms with E-state index in [-0.39, 0.29) is 0 Å². The zero-order valence-electron chi connectivity index (χ0n) is 11.2. The minimum atomic E-state index is 0.488. The number of hydrogen-bond donors (Lipinski definition) is 0. The normalized spacial score (nSPS) is 10.8. The molecule has 0 bridgehead atoms. The van der Waals surface area contributed by atoms with Gasteiger partial charge in [-0.15, -0.1) is 10.2 Å². The number of tetrazole rings is 1. The lowest BCUT2D eigenvalue weighted by Crippen LogP contribution is -2.09. The lowest BCUT2D eigenvalue weighted by Gasteiger charge is -2.00. The van der Waals surface area contributed by atoms with Gasteiger partial charge in [-0.05, 0) is 29.0 Å². The predicted molar refractivity (Wildman–Crippen MR) is 72.3 cm³/mol. The van der Waals surface area contributed by atoms with Gasteiger partial charge in [-0.3, -0.25) is 0 Å². The summed E-state index contributed by atoms with van der Waals surface area (Å²) in [6.07, 6.45) is 3.56. The summed E-state index contributed by atoms with van der Waals surface area (Å²) in [5.41, 5.74) is 0.983. The number of benzene rings is 1. The van der Waals surface area contributed by atoms with Crippen LogP contribution in [-0.4, -0.2) is 35.0 Å². The molecule has 0 spiro atoms. The predicted octanol–water partition coefficient (Wildman–Crippen LogP) is 1.25. The van der Waals surface area contributed by atoms with Crippen LogP contribution in [0.1, 0.15) is 25.0 Å². The molecule has 7 heteroatoms. The molecule has 0 saturated carbocycles. The second kappa shape index (κ2) is 5.60. The molecule has 3 rings (SSSR count). The molecule has 0 saturated heterocycles. The van der Waals surface area contributed by atoms with Crippen molar-refractivity contribution in [2.45, 2.75) is 26.3 Å². The third-order valence-corrected chi connectivity index (χ3v) is 2.93. The molecule has 2 aromatic heterocycles. The van der Waals surface area contributed by atoms with Gasteiger partial charge in [0.25, 0.3) is 0 Å². The molecule has 20 heavy (non-hydrogen) atoms. The molecule has 0 atom stereocenters. The highest BCUT2D eigenvalue weighted by Gasteiger charge is 2.09. The molecule has 0 unspecified atom stereocenters. The molecule has 3 aromatic rings. The SMILES string of the molecule is CCCc1nnnn1Cc1ncn(-c2ccccc2)n1. The van der Waals surface area contributed by atoms with Crippen molar-refractivity contribution < 1.29 is 0 Å². The lowest BCUT2D eigenvalue weighted by molar-refractivity contribution is 0.591. The van der Waals surface area contributed by atoms with Crippen molar-refractivity contribution in [1.29, 1.82) is 0 Å². The first-order chi connectivity index (χ1) is 9.86. The zero-order chi connectivity index (χ0) is 13.8. The first-order valence-electron chi connectivity index (χ1n) is 6.58. The Kier molecular flexibility index (Phi) is 3.49. The van der Waals surface area contributed by atoms with Crippen LogP contribution in [0.4, 0.5) is 0 Å². The van der Waals surface area contributed by atoms with Gasteiger partial charge in [-0.25, -0.2) is 14.3 Å². The number of hydrogen-bond acceptors (Lipinski definition) is 5. The molecule has 1 aromatic carbocycles. The highest BCUT2D eigenvalue weighted by atomic mass is 15.5. The topological polar surface area (TPSA) is 74.3 Å². The van der Waals surface area contributed by atoms with Gasteiger partial charge in [0.1, 0.15) is 12.9 Å². The maximum absolute atomic E-state index is 4.45. The van der Waals surface area contributed by atoms with E-state index in [4.69, 9.17) is 0 Å². The quantitative estimate of drug-likeness (QED) is 0.697. The smallest absolute Gasteiger partial charge is 0.172 e. The van der Waals surface area contributed by atoms with Gasteiger partial charge in [-0.2, -0.15) is 0 Å². The molecule has 0 fully saturated rings. The lowest BCUT2D eigenvalue weighted by atomic mass is 10.3. The second-order valence-electron chi connectivity index (χ2n) is 4.44. The highest BCUT2D eigenvalue weighted by Crippen LogP contribution is 2.06. The van der Waals surface area contributed by atoms with E-state index in [0.717, 1.165) is 24.4 Å². The third kappa shape index (κ3) is 2.56. The Morgan fingerprint density at radius 3 is 2.80 bits per heavy atom. The first kappa shape index (κ1) is 12.5. The van der Waals surface area contributed by atoms with Gasteiger partial charge in [0.2, 0.25) is 0 Å². The van der Waals surface area contributed by atoms with Crippen molar-refractivity contribution in [1.82, 2.24) is 35.0 Å². The summed E-state index contributed by atoms with van der Waals surface area (Å²) in [6.45, 7) is 2.59. The van der Waals surface area contributed by atoms with E-state index in [9.17, 15) is 0 Å². The van der Waals surface area contributed by atoms with E-state index >= 15 is 0 Å². The Bertz CT molecular complexity index is 671. The van der Waals surface area contributed by atoms with Crippen LogP contribution in [-0.2, 0) is 13.0 Å². The number of aryl methyl sites for hydroxylation is 1. The summed E-state index contributed by atoms with van der Waals surface area (Å²) in [5, 5.41) is 16.1. The molecule has 0 radical (unpaired) electrons. The fraction of sp³-hybridized carbons (Fsp3) is 0.308. The van der Waals surface area contributed by atoms with Crippen molar-refractivity contribution >= 4 is 0 Å². The fourth-order valence-corrected chi connectivity index (χ4v) is 1.96. The Hall–Kier alpha value is -2.57. The van der Waals surface area contributed by atoms with E-state index in [0.29, 0.717) is 12.4 Å². The maximum atomic E-state index is 4.45. The van der Waals surface area contributed by atoms with Crippen molar-refractivity contribution in [2.75, 3.05) is 0 Å². The van der Waals surface area contributed by atoms with E-state index in [1.165, 1.54) is 0 Å². The van der Waals surface area contributed by atoms with Crippen molar-refractivity contribution in [3.05, 3.63) is 48.3 Å². The number of rotatable bonds is 5. The number of nitrogens with zero attached hydrogens (tertiary/aromatic N) is 7. The molecule has 0 aliphatic heterocycles. The summed E-state index contributed by atoms with van der Waals surface area (Å²) >= 11 is 0. The summed E-state index contributed by atoms with van der Waals surface area (Å²) in [7, 11) is 0. The van der Waals surface area contributed by atoms with Crippen molar-refractivity contribution in [3.8, 4) is 5.69 Å². The van der Waals surface area contributed by atoms with Crippen molar-refractivity contribution in [3.63, 3.8) is 0 Å². The Labute approximate surface area is 116 Å². The number of para-hydroxylation sites is 1. The summed E-state index contributed by atoms with van der Waals surface area (Å²) in [6, 6.07) is 9.88. The first-order valence-corrected chi connectivity index (χ1v) is 6.58. The van der Waals surface area contributed by atoms with Crippen LogP contribution < -0.4 is 0 Å². The largest absolute Gasteiger partial charge is 0.222 e. The monoisotopic (exact) mass is 269 g/mol. The minimum absolute atomic E-state index is 0.488. The summed E-state index contributed by atoms with van der Waals surface area (Å²) in [4.78, 5) is 4.30. The average molecular weight is 269 g/mol. The van der Waals surface area contributed by atoms with Crippen LogP contribution in [0.25, 0.3) is 5.69 Å². The van der Waals surface area contributed by atoms with Gasteiger partial charge >= 0.3 is 0 Å². The Morgan fingerprint density at radius 2 is 2.00 bits per heavy atom. The van der Waals surface area contributed by atoms with E-state index in [1.807, 2.05) is 30.3 Å². The van der Waals surface area contributed by atoms with Gasteiger partial charge in [0.05, 0.1) is 5.69 Å². The van der Waals surface area contributed by atoms with Crippen LogP contribution in [0.2, 0.25) is 0 Å². The Morgan fingerprint density at radius 1 is 1.15 bits per heavy atom. The molecular formula is C13H15N7. The Balaban J connectivity index is 1.79. The van der Waals surface area contributed by atoms with Gasteiger partial charge in [0, 0.05) is 6.42 Å². The molecule has 0 aliphatic rings. The molecule has 0 amide bonds. The molecule has 7 nitrogen and oxygen atoms in total. The van der Waals surface area contributed by atoms with Crippen LogP contribution >= 0.6 is 0 Å². The minimum Gasteiger partial charge on any atom is -0.222 e. The van der Waals surface area contributed by atoms with Crippen LogP contribution in [0.3, 0.4) is 0 Å². The molecule has 0 N–H and O–H groups in total. The second-order valence-corrected chi connectivity index (χ2v) is 4.44. The molecule has 0 aliphatic carbocycles. The van der Waals surface area contributed by atoms with Gasteiger partial charge in [-0.1, -0.05) is 25.1 Å². The highest BCUT2D eigenvalue weighted by molar-refractivity contribution is 5.29. The fourth-order valence-electron chi connectivity index (χ4n) is 1.96. The number of aromatic nitrogens is 7. The molecule has 2 heterocycles. The van der Waals surface area contributed by atoms with Crippen LogP contribution in [0, 0.1) is 0 Å². The maximum Gasteiger partial charge on any atom is 0.172 e. The van der Waals surface area contributed by atoms with E-state index in [2.05, 4.69) is 32.5 Å². The van der Waals surface area contributed by atoms with E-state index in [1.54, 1.807) is 15.7 Å². The van der Waals surface area contributed by atoms with Crippen LogP contribution in [0.5, 0.6) is 0 Å². The molecule has 102 valence electrons. The average Bonchev–Trinajstić information content (AvgIpc) is 3.11. The van der Waals surface area contributed by atoms with E-state index < -0.39 is 0 Å². The summed E-state index contributed by atoms with van der Waals surface area (Å²) < 4.78 is 3.49. The van der Waals surface area contributed by atoms with Crippen molar-refractivity contribution in [2.24, 2.45) is 0 Å². The standard InChI is InChI=1S/C13H15N7/c1-2-6-13-15-17-18-19(13)9-12-14-10-20(16-12)11-7-4-3-5-8-11/h3-5,7-8,10H,2,6,9H2,1H3. The zero-order valence-corrected chi connectivity index (χ0v) is 11.2. The summed E-state index contributed by atoms with van der Waals surface area (Å²) in [5.74, 6) is 1.56. The van der Waals surface area contributed by atoms with Gasteiger partial charge < -0.3 is 0 Å².